The van der Waals surface area contributed by atoms with Gasteiger partial charge >= 0.3 is 0 Å². The van der Waals surface area contributed by atoms with Crippen LogP contribution in [0.5, 0.6) is 5.06 Å². The molecule has 12 heavy (non-hydrogen) atoms. The quantitative estimate of drug-likeness (QED) is 0.764. The molecule has 1 rings (SSSR count). The molecule has 1 amide bonds. The predicted molar refractivity (Wildman–Crippen MR) is 46.5 cm³/mol. The normalized spacial score (nSPS) is 9.83. The summed E-state index contributed by atoms with van der Waals surface area (Å²) < 4.78 is 5.17. The van der Waals surface area contributed by atoms with E-state index in [9.17, 15) is 4.79 Å². The molecule has 1 aromatic heterocycles. The Morgan fingerprint density at radius 3 is 2.92 bits per heavy atom. The number of nitrogens with zero attached hydrogens (tertiary/aromatic N) is 1. The minimum absolute atomic E-state index is 0.236. The fraction of sp³-hybridized carbons (Fsp3) is 0.429. The lowest BCUT2D eigenvalue weighted by molar-refractivity contribution is 0.0992. The van der Waals surface area contributed by atoms with Crippen LogP contribution in [0, 0.1) is 6.92 Å². The Bertz CT molecular complexity index is 296. The van der Waals surface area contributed by atoms with Crippen molar-refractivity contribution in [2.75, 3.05) is 6.61 Å². The van der Waals surface area contributed by atoms with Crippen molar-refractivity contribution in [1.82, 2.24) is 4.98 Å². The number of aryl methyl sites for hydroxylation is 1. The Kier molecular flexibility index (Phi) is 2.65. The third kappa shape index (κ3) is 1.73. The summed E-state index contributed by atoms with van der Waals surface area (Å²) >= 11 is 1.33. The molecular weight excluding hydrogens is 176 g/mol. The second-order valence-corrected chi connectivity index (χ2v) is 3.33. The van der Waals surface area contributed by atoms with Crippen LogP contribution in [0.4, 0.5) is 0 Å². The number of aromatic nitrogens is 1. The van der Waals surface area contributed by atoms with E-state index in [1.54, 1.807) is 6.92 Å². The lowest BCUT2D eigenvalue weighted by Gasteiger charge is -1.98. The lowest BCUT2D eigenvalue weighted by Crippen LogP contribution is -2.12. The first-order chi connectivity index (χ1) is 5.65. The van der Waals surface area contributed by atoms with E-state index in [0.29, 0.717) is 11.7 Å². The standard InChI is InChI=1S/C7H10N2O2S/c1-3-11-7-5(6(8)10)9-4(2)12-7/h3H2,1-2H3,(H2,8,10). The number of carbonyl (C=O) groups excluding carboxylic acids is 1. The molecule has 0 bridgehead atoms. The highest BCUT2D eigenvalue weighted by atomic mass is 32.1. The maximum atomic E-state index is 10.8. The molecule has 0 unspecified atom stereocenters. The van der Waals surface area contributed by atoms with E-state index in [2.05, 4.69) is 4.98 Å². The van der Waals surface area contributed by atoms with E-state index in [1.807, 2.05) is 6.92 Å². The van der Waals surface area contributed by atoms with Crippen molar-refractivity contribution in [3.8, 4) is 5.06 Å². The number of rotatable bonds is 3. The zero-order valence-electron chi connectivity index (χ0n) is 6.96. The van der Waals surface area contributed by atoms with Crippen LogP contribution < -0.4 is 10.5 Å². The van der Waals surface area contributed by atoms with Crippen LogP contribution in [-0.2, 0) is 0 Å². The Morgan fingerprint density at radius 2 is 2.42 bits per heavy atom. The first-order valence-electron chi connectivity index (χ1n) is 3.55. The summed E-state index contributed by atoms with van der Waals surface area (Å²) in [5.41, 5.74) is 5.32. The van der Waals surface area contributed by atoms with Gasteiger partial charge in [-0.1, -0.05) is 11.3 Å². The smallest absolute Gasteiger partial charge is 0.272 e. The molecule has 0 radical (unpaired) electrons. The van der Waals surface area contributed by atoms with Crippen molar-refractivity contribution in [2.45, 2.75) is 13.8 Å². The SMILES string of the molecule is CCOc1sc(C)nc1C(N)=O. The molecule has 0 spiro atoms. The first-order valence-corrected chi connectivity index (χ1v) is 4.36. The molecule has 0 atom stereocenters. The summed E-state index contributed by atoms with van der Waals surface area (Å²) in [6, 6.07) is 0. The van der Waals surface area contributed by atoms with Crippen LogP contribution >= 0.6 is 11.3 Å². The highest BCUT2D eigenvalue weighted by Gasteiger charge is 2.14. The summed E-state index contributed by atoms with van der Waals surface area (Å²) in [6.45, 7) is 4.17. The molecule has 4 nitrogen and oxygen atoms in total. The summed E-state index contributed by atoms with van der Waals surface area (Å²) in [7, 11) is 0. The molecule has 0 aliphatic heterocycles. The van der Waals surface area contributed by atoms with Crippen molar-refractivity contribution in [3.63, 3.8) is 0 Å². The molecule has 0 aliphatic carbocycles. The minimum Gasteiger partial charge on any atom is -0.482 e. The summed E-state index contributed by atoms with van der Waals surface area (Å²) in [4.78, 5) is 14.7. The van der Waals surface area contributed by atoms with Crippen LogP contribution in [0.25, 0.3) is 0 Å². The predicted octanol–water partition coefficient (Wildman–Crippen LogP) is 0.949. The van der Waals surface area contributed by atoms with Gasteiger partial charge in [-0.05, 0) is 13.8 Å². The average Bonchev–Trinajstić information content (AvgIpc) is 2.32. The number of hydrogen-bond acceptors (Lipinski definition) is 4. The monoisotopic (exact) mass is 186 g/mol. The van der Waals surface area contributed by atoms with Gasteiger partial charge in [-0.15, -0.1) is 0 Å². The summed E-state index contributed by atoms with van der Waals surface area (Å²) in [5, 5.41) is 1.30. The van der Waals surface area contributed by atoms with Crippen molar-refractivity contribution in [3.05, 3.63) is 10.7 Å². The molecular formula is C7H10N2O2S. The molecule has 1 heterocycles. The number of ether oxygens (including phenoxy) is 1. The summed E-state index contributed by atoms with van der Waals surface area (Å²) in [6.07, 6.45) is 0. The van der Waals surface area contributed by atoms with Crippen LogP contribution in [0.15, 0.2) is 0 Å². The van der Waals surface area contributed by atoms with E-state index in [0.717, 1.165) is 5.01 Å². The number of nitrogens with two attached hydrogens (primary N) is 1. The van der Waals surface area contributed by atoms with Gasteiger partial charge in [0.2, 0.25) is 5.06 Å². The van der Waals surface area contributed by atoms with Crippen LogP contribution in [-0.4, -0.2) is 17.5 Å². The molecule has 0 aliphatic rings. The van der Waals surface area contributed by atoms with E-state index in [1.165, 1.54) is 11.3 Å². The van der Waals surface area contributed by atoms with Gasteiger partial charge in [0, 0.05) is 0 Å². The van der Waals surface area contributed by atoms with Crippen LogP contribution in [0.3, 0.4) is 0 Å². The van der Waals surface area contributed by atoms with E-state index in [-0.39, 0.29) is 5.69 Å². The molecule has 2 N–H and O–H groups in total. The van der Waals surface area contributed by atoms with E-state index >= 15 is 0 Å². The number of thiazole rings is 1. The largest absolute Gasteiger partial charge is 0.482 e. The Morgan fingerprint density at radius 1 is 1.75 bits per heavy atom. The van der Waals surface area contributed by atoms with Gasteiger partial charge < -0.3 is 10.5 Å². The lowest BCUT2D eigenvalue weighted by atomic mass is 10.4. The molecule has 5 heteroatoms. The van der Waals surface area contributed by atoms with Crippen molar-refractivity contribution in [2.24, 2.45) is 5.73 Å². The van der Waals surface area contributed by atoms with Crippen LogP contribution in [0.1, 0.15) is 22.4 Å². The van der Waals surface area contributed by atoms with E-state index < -0.39 is 5.91 Å². The molecule has 66 valence electrons. The second-order valence-electron chi connectivity index (χ2n) is 2.17. The second kappa shape index (κ2) is 3.53. The molecule has 0 saturated heterocycles. The van der Waals surface area contributed by atoms with Gasteiger partial charge in [0.15, 0.2) is 5.69 Å². The number of hydrogen-bond donors (Lipinski definition) is 1. The van der Waals surface area contributed by atoms with Crippen molar-refractivity contribution in [1.29, 1.82) is 0 Å². The average molecular weight is 186 g/mol. The maximum Gasteiger partial charge on any atom is 0.272 e. The third-order valence-electron chi connectivity index (χ3n) is 1.21. The zero-order chi connectivity index (χ0) is 9.14. The first kappa shape index (κ1) is 8.99. The fourth-order valence-electron chi connectivity index (χ4n) is 0.793. The Balaban J connectivity index is 2.99. The van der Waals surface area contributed by atoms with Crippen LogP contribution in [0.2, 0.25) is 0 Å². The maximum absolute atomic E-state index is 10.8. The molecule has 0 fully saturated rings. The van der Waals surface area contributed by atoms with Gasteiger partial charge in [0.05, 0.1) is 11.6 Å². The van der Waals surface area contributed by atoms with Gasteiger partial charge in [-0.3, -0.25) is 4.79 Å². The summed E-state index contributed by atoms with van der Waals surface area (Å²) in [5.74, 6) is -0.539. The highest BCUT2D eigenvalue weighted by molar-refractivity contribution is 7.13. The topological polar surface area (TPSA) is 65.2 Å². The van der Waals surface area contributed by atoms with Crippen molar-refractivity contribution >= 4 is 17.2 Å². The molecule has 0 aromatic carbocycles. The van der Waals surface area contributed by atoms with E-state index in [4.69, 9.17) is 10.5 Å². The van der Waals surface area contributed by atoms with Gasteiger partial charge in [0.25, 0.3) is 5.91 Å². The fourth-order valence-corrected chi connectivity index (χ4v) is 1.62. The number of amides is 1. The zero-order valence-corrected chi connectivity index (χ0v) is 7.77. The molecule has 0 saturated carbocycles. The van der Waals surface area contributed by atoms with Gasteiger partial charge in [-0.25, -0.2) is 4.98 Å². The minimum atomic E-state index is -0.539. The highest BCUT2D eigenvalue weighted by Crippen LogP contribution is 2.26. The van der Waals surface area contributed by atoms with Gasteiger partial charge in [-0.2, -0.15) is 0 Å². The Labute approximate surface area is 74.4 Å². The number of carbonyl (C=O) groups is 1. The Hall–Kier alpha value is -1.10. The van der Waals surface area contributed by atoms with Gasteiger partial charge in [0.1, 0.15) is 0 Å². The molecule has 1 aromatic rings. The third-order valence-corrected chi connectivity index (χ3v) is 2.10. The van der Waals surface area contributed by atoms with Crippen molar-refractivity contribution < 1.29 is 9.53 Å². The number of primary amides is 1.